The van der Waals surface area contributed by atoms with E-state index in [9.17, 15) is 9.50 Å². The van der Waals surface area contributed by atoms with Crippen LogP contribution in [0.4, 0.5) is 14.7 Å². The van der Waals surface area contributed by atoms with Crippen LogP contribution >= 0.6 is 11.8 Å². The van der Waals surface area contributed by atoms with E-state index in [-0.39, 0.29) is 23.4 Å². The number of benzene rings is 1. The Morgan fingerprint density at radius 1 is 1.08 bits per heavy atom. The molecule has 0 spiro atoms. The van der Waals surface area contributed by atoms with Crippen LogP contribution in [0, 0.1) is 5.82 Å². The molecule has 38 heavy (non-hydrogen) atoms. The van der Waals surface area contributed by atoms with E-state index in [1.54, 1.807) is 36.8 Å². The Balaban J connectivity index is 1.27. The standard InChI is InChI=1S/C28H32F2N6OS/c1-27-9-4-10-28(2,35-27)24(30)22(13-27)36(18-6-7-18)26-32-15-21(33-34-26)19-8-5-16(12-23(19)37)17-11-20(29)25(38-3)31-14-17/h5,8,11-12,14-15,18,22,24,35,37H,4,6-7,9-10,13H2,1-3H3/t22-,24-,27-,28+/m1/s1. The molecule has 1 aliphatic carbocycles. The number of nitrogens with zero attached hydrogens (tertiary/aromatic N) is 5. The van der Waals surface area contributed by atoms with Crippen LogP contribution in [-0.2, 0) is 0 Å². The number of nitrogens with one attached hydrogen (secondary N) is 1. The summed E-state index contributed by atoms with van der Waals surface area (Å²) in [6.45, 7) is 4.20. The molecule has 3 fully saturated rings. The van der Waals surface area contributed by atoms with Gasteiger partial charge in [-0.05, 0) is 82.4 Å². The van der Waals surface area contributed by atoms with E-state index in [2.05, 4.69) is 37.3 Å². The molecular formula is C28H32F2N6OS. The lowest BCUT2D eigenvalue weighted by molar-refractivity contribution is 0.0000874. The Labute approximate surface area is 225 Å². The van der Waals surface area contributed by atoms with Gasteiger partial charge in [0, 0.05) is 34.4 Å². The average Bonchev–Trinajstić information content (AvgIpc) is 3.73. The summed E-state index contributed by atoms with van der Waals surface area (Å²) in [7, 11) is 0. The normalized spacial score (nSPS) is 28.8. The largest absolute Gasteiger partial charge is 0.507 e. The maximum atomic E-state index is 16.0. The number of pyridine rings is 1. The summed E-state index contributed by atoms with van der Waals surface area (Å²) in [6.07, 6.45) is 9.44. The number of thioether (sulfide) groups is 1. The Morgan fingerprint density at radius 3 is 2.55 bits per heavy atom. The van der Waals surface area contributed by atoms with Gasteiger partial charge in [-0.3, -0.25) is 0 Å². The van der Waals surface area contributed by atoms with Crippen molar-refractivity contribution in [3.05, 3.63) is 42.5 Å². The molecule has 1 saturated carbocycles. The fourth-order valence-electron chi connectivity index (χ4n) is 6.36. The predicted molar refractivity (Wildman–Crippen MR) is 144 cm³/mol. The van der Waals surface area contributed by atoms with Crippen LogP contribution in [0.3, 0.4) is 0 Å². The van der Waals surface area contributed by atoms with E-state index in [0.29, 0.717) is 39.8 Å². The molecule has 6 rings (SSSR count). The molecule has 1 aromatic carbocycles. The van der Waals surface area contributed by atoms with Crippen molar-refractivity contribution in [3.8, 4) is 28.1 Å². The monoisotopic (exact) mass is 538 g/mol. The number of piperidine rings is 2. The van der Waals surface area contributed by atoms with Crippen LogP contribution < -0.4 is 10.2 Å². The van der Waals surface area contributed by atoms with Gasteiger partial charge in [-0.25, -0.2) is 18.7 Å². The van der Waals surface area contributed by atoms with Gasteiger partial charge in [-0.15, -0.1) is 22.0 Å². The number of hydrogen-bond acceptors (Lipinski definition) is 8. The van der Waals surface area contributed by atoms with E-state index in [4.69, 9.17) is 0 Å². The zero-order valence-electron chi connectivity index (χ0n) is 21.8. The van der Waals surface area contributed by atoms with Gasteiger partial charge in [0.05, 0.1) is 12.2 Å². The maximum absolute atomic E-state index is 16.0. The number of alkyl halides is 1. The second-order valence-electron chi connectivity index (χ2n) is 11.4. The summed E-state index contributed by atoms with van der Waals surface area (Å²) < 4.78 is 30.2. The zero-order valence-corrected chi connectivity index (χ0v) is 22.6. The summed E-state index contributed by atoms with van der Waals surface area (Å²) in [5, 5.41) is 23.5. The molecule has 200 valence electrons. The second kappa shape index (κ2) is 9.41. The Kier molecular flexibility index (Phi) is 6.30. The van der Waals surface area contributed by atoms with Crippen LogP contribution in [-0.4, -0.2) is 60.9 Å². The van der Waals surface area contributed by atoms with Gasteiger partial charge in [0.25, 0.3) is 0 Å². The van der Waals surface area contributed by atoms with Crippen molar-refractivity contribution in [2.24, 2.45) is 0 Å². The average molecular weight is 539 g/mol. The van der Waals surface area contributed by atoms with Crippen LogP contribution in [0.5, 0.6) is 5.75 Å². The van der Waals surface area contributed by atoms with Crippen LogP contribution in [0.25, 0.3) is 22.4 Å². The molecule has 2 aromatic heterocycles. The molecular weight excluding hydrogens is 506 g/mol. The van der Waals surface area contributed by atoms with Crippen molar-refractivity contribution >= 4 is 17.7 Å². The van der Waals surface area contributed by atoms with E-state index in [0.717, 1.165) is 32.1 Å². The van der Waals surface area contributed by atoms with Crippen molar-refractivity contribution in [1.29, 1.82) is 0 Å². The molecule has 3 aromatic rings. The highest BCUT2D eigenvalue weighted by Crippen LogP contribution is 2.46. The van der Waals surface area contributed by atoms with Gasteiger partial charge in [-0.1, -0.05) is 6.07 Å². The number of aromatic nitrogens is 4. The Hall–Kier alpha value is -2.85. The molecule has 2 N–H and O–H groups in total. The van der Waals surface area contributed by atoms with Crippen molar-refractivity contribution in [2.45, 2.75) is 86.7 Å². The summed E-state index contributed by atoms with van der Waals surface area (Å²) in [4.78, 5) is 10.8. The number of hydrogen-bond donors (Lipinski definition) is 2. The molecule has 2 saturated heterocycles. The van der Waals surface area contributed by atoms with Crippen molar-refractivity contribution in [3.63, 3.8) is 0 Å². The molecule has 2 bridgehead atoms. The fourth-order valence-corrected chi connectivity index (χ4v) is 6.77. The van der Waals surface area contributed by atoms with E-state index >= 15 is 4.39 Å². The summed E-state index contributed by atoms with van der Waals surface area (Å²) in [6, 6.07) is 6.35. The molecule has 4 atom stereocenters. The molecule has 10 heteroatoms. The van der Waals surface area contributed by atoms with E-state index in [1.807, 2.05) is 6.92 Å². The third-order valence-corrected chi connectivity index (χ3v) is 8.99. The molecule has 7 nitrogen and oxygen atoms in total. The first kappa shape index (κ1) is 25.4. The fraction of sp³-hybridized carbons (Fsp3) is 0.500. The number of phenolic OH excluding ortho intramolecular Hbond substituents is 1. The number of fused-ring (bicyclic) bond motifs is 2. The van der Waals surface area contributed by atoms with Crippen molar-refractivity contribution < 1.29 is 13.9 Å². The predicted octanol–water partition coefficient (Wildman–Crippen LogP) is 5.54. The van der Waals surface area contributed by atoms with E-state index in [1.165, 1.54) is 17.8 Å². The van der Waals surface area contributed by atoms with Gasteiger partial charge in [0.1, 0.15) is 22.6 Å². The lowest BCUT2D eigenvalue weighted by Crippen LogP contribution is -2.73. The summed E-state index contributed by atoms with van der Waals surface area (Å²) in [5.41, 5.74) is 1.41. The molecule has 0 amide bonds. The highest BCUT2D eigenvalue weighted by atomic mass is 32.2. The quantitative estimate of drug-likeness (QED) is 0.396. The minimum absolute atomic E-state index is 0.0180. The summed E-state index contributed by atoms with van der Waals surface area (Å²) >= 11 is 1.24. The van der Waals surface area contributed by atoms with Crippen molar-refractivity contribution in [1.82, 2.24) is 25.5 Å². The van der Waals surface area contributed by atoms with E-state index < -0.39 is 17.5 Å². The first-order valence-electron chi connectivity index (χ1n) is 13.1. The minimum Gasteiger partial charge on any atom is -0.507 e. The summed E-state index contributed by atoms with van der Waals surface area (Å²) in [5.74, 6) is 0.0125. The molecule has 0 unspecified atom stereocenters. The number of aromatic hydroxyl groups is 1. The first-order chi connectivity index (χ1) is 18.2. The Morgan fingerprint density at radius 2 is 1.89 bits per heavy atom. The highest BCUT2D eigenvalue weighted by Gasteiger charge is 2.56. The highest BCUT2D eigenvalue weighted by molar-refractivity contribution is 7.98. The number of phenols is 1. The van der Waals surface area contributed by atoms with Crippen molar-refractivity contribution in [2.75, 3.05) is 11.2 Å². The molecule has 2 aliphatic heterocycles. The topological polar surface area (TPSA) is 87.1 Å². The van der Waals surface area contributed by atoms with Crippen LogP contribution in [0.1, 0.15) is 52.4 Å². The molecule has 3 aliphatic rings. The lowest BCUT2D eigenvalue weighted by Gasteiger charge is -2.57. The SMILES string of the molecule is CSc1ncc(-c2ccc(-c3cnc(N(C4CC4)[C@@H]4C[C@@]5(C)CCC[C@](C)(N5)[C@@H]4F)nn3)c(O)c2)cc1F. The minimum atomic E-state index is -1.04. The second-order valence-corrected chi connectivity index (χ2v) is 12.2. The number of rotatable bonds is 6. The third kappa shape index (κ3) is 4.51. The third-order valence-electron chi connectivity index (χ3n) is 8.30. The number of halogens is 2. The maximum Gasteiger partial charge on any atom is 0.245 e. The van der Waals surface area contributed by atoms with Gasteiger partial charge >= 0.3 is 0 Å². The smallest absolute Gasteiger partial charge is 0.245 e. The lowest BCUT2D eigenvalue weighted by atomic mass is 9.68. The molecule has 4 heterocycles. The Bertz CT molecular complexity index is 1360. The van der Waals surface area contributed by atoms with Gasteiger partial charge in [0.15, 0.2) is 5.82 Å². The van der Waals surface area contributed by atoms with Gasteiger partial charge in [-0.2, -0.15) is 0 Å². The first-order valence-corrected chi connectivity index (χ1v) is 14.4. The van der Waals surface area contributed by atoms with Gasteiger partial charge in [0.2, 0.25) is 5.95 Å². The van der Waals surface area contributed by atoms with Gasteiger partial charge < -0.3 is 15.3 Å². The number of anilines is 1. The van der Waals surface area contributed by atoms with Crippen LogP contribution in [0.2, 0.25) is 0 Å². The molecule has 0 radical (unpaired) electrons. The van der Waals surface area contributed by atoms with Crippen LogP contribution in [0.15, 0.2) is 41.7 Å². The zero-order chi connectivity index (χ0) is 26.7.